The Morgan fingerprint density at radius 2 is 1.92 bits per heavy atom. The van der Waals surface area contributed by atoms with Crippen molar-refractivity contribution < 1.29 is 32.7 Å². The summed E-state index contributed by atoms with van der Waals surface area (Å²) in [7, 11) is 0. The van der Waals surface area contributed by atoms with E-state index in [9.17, 15) is 0 Å². The maximum Gasteiger partial charge on any atom is 0 e. The van der Waals surface area contributed by atoms with E-state index in [4.69, 9.17) is 0 Å². The molecule has 0 aliphatic carbocycles. The topological polar surface area (TPSA) is 12.0 Å². The van der Waals surface area contributed by atoms with Crippen molar-refractivity contribution in [2.45, 2.75) is 27.2 Å². The van der Waals surface area contributed by atoms with Crippen LogP contribution in [0, 0.1) is 24.2 Å². The summed E-state index contributed by atoms with van der Waals surface area (Å²) in [5.74, 6) is 2.21. The normalized spacial score (nSPS) is 21.0. The van der Waals surface area contributed by atoms with Gasteiger partial charge < -0.3 is 12.2 Å². The summed E-state index contributed by atoms with van der Waals surface area (Å²) in [6, 6.07) is 0. The van der Waals surface area contributed by atoms with Gasteiger partial charge in [0.15, 0.2) is 0 Å². The van der Waals surface area contributed by atoms with E-state index in [0.29, 0.717) is 11.3 Å². The first-order chi connectivity index (χ1) is 5.00. The maximum absolute atomic E-state index is 4.18. The van der Waals surface area contributed by atoms with Crippen molar-refractivity contribution in [1.29, 1.82) is 0 Å². The number of rotatable bonds is 2. The molecule has 12 heavy (non-hydrogen) atoms. The molecule has 0 bridgehead atoms. The molecule has 1 aliphatic rings. The van der Waals surface area contributed by atoms with Crippen molar-refractivity contribution in [3.8, 4) is 0 Å². The van der Waals surface area contributed by atoms with Gasteiger partial charge in [-0.2, -0.15) is 12.3 Å². The van der Waals surface area contributed by atoms with E-state index in [0.717, 1.165) is 13.1 Å². The summed E-state index contributed by atoms with van der Waals surface area (Å²) < 4.78 is 0. The van der Waals surface area contributed by atoms with Gasteiger partial charge in [0.2, 0.25) is 0 Å². The van der Waals surface area contributed by atoms with Crippen molar-refractivity contribution in [3.05, 3.63) is 12.8 Å². The zero-order chi connectivity index (χ0) is 8.48. The van der Waals surface area contributed by atoms with Crippen LogP contribution in [0.5, 0.6) is 0 Å². The second kappa shape index (κ2) is 5.07. The predicted octanol–water partition coefficient (Wildman–Crippen LogP) is 2.05. The minimum atomic E-state index is 0. The molecule has 1 unspecified atom stereocenters. The Kier molecular flexibility index (Phi) is 5.52. The molecule has 1 aliphatic heterocycles. The van der Waals surface area contributed by atoms with E-state index in [1.165, 1.54) is 6.42 Å². The Balaban J connectivity index is 0.00000121. The van der Waals surface area contributed by atoms with Gasteiger partial charge in [-0.1, -0.05) is 26.2 Å². The standard InChI is InChI=1S/C10H19N.Y/c1-8(10(2,3)4)5-9-6-11-7-9;/h8,11H,1,5-7H2,2-4H3;/q-2;. The minimum Gasteiger partial charge on any atom is -0.375 e. The van der Waals surface area contributed by atoms with Gasteiger partial charge in [0.05, 0.1) is 0 Å². The second-order valence-corrected chi connectivity index (χ2v) is 4.62. The number of nitrogens with one attached hydrogen (secondary N) is 1. The van der Waals surface area contributed by atoms with Crippen molar-refractivity contribution in [1.82, 2.24) is 5.32 Å². The van der Waals surface area contributed by atoms with E-state index < -0.39 is 0 Å². The molecule has 0 aromatic rings. The molecular formula is C10H19NY-2. The van der Waals surface area contributed by atoms with Gasteiger partial charge in [-0.25, -0.2) is 0 Å². The number of hydrogen-bond acceptors (Lipinski definition) is 1. The fourth-order valence-electron chi connectivity index (χ4n) is 1.10. The summed E-state index contributed by atoms with van der Waals surface area (Å²) in [4.78, 5) is 0. The molecule has 0 amide bonds. The van der Waals surface area contributed by atoms with Gasteiger partial charge in [-0.3, -0.25) is 5.92 Å². The molecule has 1 heterocycles. The molecule has 0 aromatic heterocycles. The van der Waals surface area contributed by atoms with Crippen LogP contribution in [0.15, 0.2) is 0 Å². The van der Waals surface area contributed by atoms with Crippen LogP contribution < -0.4 is 5.32 Å². The molecule has 1 saturated heterocycles. The molecule has 2 heteroatoms. The Morgan fingerprint density at radius 1 is 1.42 bits per heavy atom. The molecule has 1 rings (SSSR count). The Bertz CT molecular complexity index is 124. The Morgan fingerprint density at radius 3 is 2.17 bits per heavy atom. The molecule has 1 radical (unpaired) electrons. The van der Waals surface area contributed by atoms with Crippen LogP contribution >= 0.6 is 0 Å². The average molecular weight is 242 g/mol. The molecule has 1 fully saturated rings. The molecular weight excluding hydrogens is 223 g/mol. The smallest absolute Gasteiger partial charge is 0 e. The fraction of sp³-hybridized carbons (Fsp3) is 0.800. The fourth-order valence-corrected chi connectivity index (χ4v) is 1.10. The van der Waals surface area contributed by atoms with Gasteiger partial charge in [-0.15, -0.1) is 13.1 Å². The Hall–Kier alpha value is 1.06. The largest absolute Gasteiger partial charge is 0.375 e. The van der Waals surface area contributed by atoms with Crippen molar-refractivity contribution in [2.24, 2.45) is 11.3 Å². The van der Waals surface area contributed by atoms with Crippen molar-refractivity contribution >= 4 is 0 Å². The molecule has 69 valence electrons. The van der Waals surface area contributed by atoms with Crippen molar-refractivity contribution in [2.75, 3.05) is 13.1 Å². The van der Waals surface area contributed by atoms with E-state index in [-0.39, 0.29) is 32.7 Å². The summed E-state index contributed by atoms with van der Waals surface area (Å²) >= 11 is 0. The maximum atomic E-state index is 4.18. The molecule has 0 spiro atoms. The minimum absolute atomic E-state index is 0. The third kappa shape index (κ3) is 3.85. The quantitative estimate of drug-likeness (QED) is 0.731. The molecule has 0 aromatic carbocycles. The third-order valence-corrected chi connectivity index (χ3v) is 2.51. The SMILES string of the molecule is [CH2-]C(C[C-]1CNC1)C(C)(C)C.[Y]. The van der Waals surface area contributed by atoms with Gasteiger partial charge >= 0.3 is 0 Å². The van der Waals surface area contributed by atoms with Gasteiger partial charge in [0.25, 0.3) is 0 Å². The summed E-state index contributed by atoms with van der Waals surface area (Å²) in [6.45, 7) is 13.2. The van der Waals surface area contributed by atoms with E-state index >= 15 is 0 Å². The van der Waals surface area contributed by atoms with E-state index in [1.54, 1.807) is 5.92 Å². The van der Waals surface area contributed by atoms with E-state index in [1.807, 2.05) is 0 Å². The molecule has 1 atom stereocenters. The van der Waals surface area contributed by atoms with Crippen LogP contribution in [-0.4, -0.2) is 13.1 Å². The number of hydrogen-bond donors (Lipinski definition) is 1. The van der Waals surface area contributed by atoms with Gasteiger partial charge in [0, 0.05) is 32.7 Å². The van der Waals surface area contributed by atoms with Gasteiger partial charge in [-0.05, 0) is 0 Å². The van der Waals surface area contributed by atoms with Crippen LogP contribution in [0.25, 0.3) is 0 Å². The van der Waals surface area contributed by atoms with Crippen LogP contribution in [0.2, 0.25) is 0 Å². The summed E-state index contributed by atoms with van der Waals surface area (Å²) in [6.07, 6.45) is 1.20. The molecule has 0 saturated carbocycles. The zero-order valence-electron chi connectivity index (χ0n) is 8.48. The van der Waals surface area contributed by atoms with Crippen LogP contribution in [0.3, 0.4) is 0 Å². The Labute approximate surface area is 102 Å². The first-order valence-electron chi connectivity index (χ1n) is 4.37. The third-order valence-electron chi connectivity index (χ3n) is 2.51. The second-order valence-electron chi connectivity index (χ2n) is 4.62. The summed E-state index contributed by atoms with van der Waals surface area (Å²) in [5.41, 5.74) is 0.364. The zero-order valence-corrected chi connectivity index (χ0v) is 11.3. The van der Waals surface area contributed by atoms with Crippen LogP contribution in [0.1, 0.15) is 27.2 Å². The van der Waals surface area contributed by atoms with Crippen LogP contribution in [-0.2, 0) is 32.7 Å². The van der Waals surface area contributed by atoms with E-state index in [2.05, 4.69) is 33.0 Å². The van der Waals surface area contributed by atoms with Crippen LogP contribution in [0.4, 0.5) is 0 Å². The molecule has 1 nitrogen and oxygen atoms in total. The van der Waals surface area contributed by atoms with Crippen molar-refractivity contribution in [3.63, 3.8) is 0 Å². The average Bonchev–Trinajstić information content (AvgIpc) is 1.75. The first kappa shape index (κ1) is 13.1. The van der Waals surface area contributed by atoms with Gasteiger partial charge in [0.1, 0.15) is 0 Å². The monoisotopic (exact) mass is 242 g/mol. The molecule has 1 N–H and O–H groups in total. The predicted molar refractivity (Wildman–Crippen MR) is 49.0 cm³/mol. The first-order valence-corrected chi connectivity index (χ1v) is 4.37. The summed E-state index contributed by atoms with van der Waals surface area (Å²) in [5, 5.41) is 3.25.